The Morgan fingerprint density at radius 1 is 1.16 bits per heavy atom. The molecule has 0 bridgehead atoms. The average Bonchev–Trinajstić information content (AvgIpc) is 3.28. The Balaban J connectivity index is 1.73. The van der Waals surface area contributed by atoms with Crippen molar-refractivity contribution in [1.29, 1.82) is 0 Å². The highest BCUT2D eigenvalue weighted by atomic mass is 32.1. The molecule has 1 N–H and O–H groups in total. The fourth-order valence-electron chi connectivity index (χ4n) is 2.85. The second kappa shape index (κ2) is 6.78. The van der Waals surface area contributed by atoms with Crippen molar-refractivity contribution < 1.29 is 0 Å². The zero-order valence-electron chi connectivity index (χ0n) is 14.4. The molecular formula is C20H20N4S. The summed E-state index contributed by atoms with van der Waals surface area (Å²) in [7, 11) is 2.11. The fourth-order valence-corrected chi connectivity index (χ4v) is 3.73. The third-order valence-corrected chi connectivity index (χ3v) is 5.24. The molecule has 0 unspecified atom stereocenters. The van der Waals surface area contributed by atoms with Gasteiger partial charge in [-0.25, -0.2) is 9.97 Å². The van der Waals surface area contributed by atoms with Crippen LogP contribution in [0.4, 0.5) is 0 Å². The number of nitrogens with zero attached hydrogens (tertiary/aromatic N) is 3. The van der Waals surface area contributed by atoms with Crippen molar-refractivity contribution in [3.63, 3.8) is 0 Å². The minimum Gasteiger partial charge on any atom is -0.345 e. The maximum absolute atomic E-state index is 4.82. The molecule has 0 aliphatic rings. The highest BCUT2D eigenvalue weighted by Crippen LogP contribution is 2.31. The molecule has 0 atom stereocenters. The summed E-state index contributed by atoms with van der Waals surface area (Å²) in [5.74, 6) is 0. The number of fused-ring (bicyclic) bond motifs is 1. The van der Waals surface area contributed by atoms with Crippen LogP contribution in [0.2, 0.25) is 0 Å². The molecule has 0 radical (unpaired) electrons. The van der Waals surface area contributed by atoms with E-state index in [4.69, 9.17) is 4.98 Å². The Morgan fingerprint density at radius 3 is 2.80 bits per heavy atom. The zero-order chi connectivity index (χ0) is 17.2. The van der Waals surface area contributed by atoms with Crippen molar-refractivity contribution in [2.24, 2.45) is 0 Å². The van der Waals surface area contributed by atoms with Crippen LogP contribution in [-0.2, 0) is 6.54 Å². The molecule has 0 fully saturated rings. The van der Waals surface area contributed by atoms with Gasteiger partial charge in [-0.15, -0.1) is 11.3 Å². The Labute approximate surface area is 151 Å². The first-order valence-corrected chi connectivity index (χ1v) is 9.28. The van der Waals surface area contributed by atoms with Crippen LogP contribution >= 0.6 is 11.3 Å². The van der Waals surface area contributed by atoms with Crippen LogP contribution in [0.25, 0.3) is 33.4 Å². The van der Waals surface area contributed by atoms with Crippen LogP contribution in [0.1, 0.15) is 11.9 Å². The first-order valence-electron chi connectivity index (χ1n) is 8.40. The van der Waals surface area contributed by atoms with Gasteiger partial charge in [-0.3, -0.25) is 4.90 Å². The van der Waals surface area contributed by atoms with E-state index in [2.05, 4.69) is 64.6 Å². The van der Waals surface area contributed by atoms with Crippen molar-refractivity contribution >= 4 is 22.4 Å². The number of benzene rings is 1. The van der Waals surface area contributed by atoms with Gasteiger partial charge in [0.1, 0.15) is 10.7 Å². The first-order chi connectivity index (χ1) is 12.2. The number of thiazole rings is 1. The summed E-state index contributed by atoms with van der Waals surface area (Å²) in [6.45, 7) is 4.06. The number of H-pyrrole nitrogens is 1. The number of nitrogens with one attached hydrogen (secondary N) is 1. The summed E-state index contributed by atoms with van der Waals surface area (Å²) in [6, 6.07) is 12.5. The molecular weight excluding hydrogens is 328 g/mol. The molecule has 1 aromatic carbocycles. The zero-order valence-corrected chi connectivity index (χ0v) is 15.2. The summed E-state index contributed by atoms with van der Waals surface area (Å²) >= 11 is 1.71. The van der Waals surface area contributed by atoms with E-state index in [1.165, 1.54) is 5.56 Å². The summed E-state index contributed by atoms with van der Waals surface area (Å²) in [4.78, 5) is 14.9. The SMILES string of the molecule is CCN(C)Cc1nc(-c2c[nH]c3ncc(-c4ccccc4)cc23)cs1. The quantitative estimate of drug-likeness (QED) is 0.563. The van der Waals surface area contributed by atoms with Gasteiger partial charge in [0.25, 0.3) is 0 Å². The van der Waals surface area contributed by atoms with Gasteiger partial charge < -0.3 is 4.98 Å². The maximum Gasteiger partial charge on any atom is 0.137 e. The van der Waals surface area contributed by atoms with Crippen LogP contribution in [0.5, 0.6) is 0 Å². The Morgan fingerprint density at radius 2 is 2.00 bits per heavy atom. The van der Waals surface area contributed by atoms with E-state index in [0.717, 1.165) is 46.0 Å². The Kier molecular flexibility index (Phi) is 4.34. The van der Waals surface area contributed by atoms with Crippen molar-refractivity contribution in [2.75, 3.05) is 13.6 Å². The van der Waals surface area contributed by atoms with Gasteiger partial charge >= 0.3 is 0 Å². The number of rotatable bonds is 5. The van der Waals surface area contributed by atoms with Crippen LogP contribution in [0.3, 0.4) is 0 Å². The van der Waals surface area contributed by atoms with E-state index < -0.39 is 0 Å². The predicted octanol–water partition coefficient (Wildman–Crippen LogP) is 4.81. The topological polar surface area (TPSA) is 44.8 Å². The van der Waals surface area contributed by atoms with E-state index in [1.807, 2.05) is 18.5 Å². The van der Waals surface area contributed by atoms with Gasteiger partial charge in [-0.05, 0) is 25.2 Å². The lowest BCUT2D eigenvalue weighted by Crippen LogP contribution is -2.16. The molecule has 4 aromatic rings. The van der Waals surface area contributed by atoms with Crippen LogP contribution in [-0.4, -0.2) is 33.4 Å². The molecule has 126 valence electrons. The van der Waals surface area contributed by atoms with Crippen LogP contribution < -0.4 is 0 Å². The number of pyridine rings is 1. The van der Waals surface area contributed by atoms with Gasteiger partial charge in [-0.2, -0.15) is 0 Å². The summed E-state index contributed by atoms with van der Waals surface area (Å²) in [5.41, 5.74) is 5.32. The summed E-state index contributed by atoms with van der Waals surface area (Å²) < 4.78 is 0. The van der Waals surface area contributed by atoms with E-state index in [1.54, 1.807) is 11.3 Å². The lowest BCUT2D eigenvalue weighted by Gasteiger charge is -2.10. The van der Waals surface area contributed by atoms with E-state index in [9.17, 15) is 0 Å². The monoisotopic (exact) mass is 348 g/mol. The van der Waals surface area contributed by atoms with Gasteiger partial charge in [0.15, 0.2) is 0 Å². The minimum absolute atomic E-state index is 0.886. The smallest absolute Gasteiger partial charge is 0.137 e. The van der Waals surface area contributed by atoms with Crippen molar-refractivity contribution in [3.05, 3.63) is 59.2 Å². The lowest BCUT2D eigenvalue weighted by molar-refractivity contribution is 0.345. The summed E-state index contributed by atoms with van der Waals surface area (Å²) in [6.07, 6.45) is 3.93. The molecule has 0 saturated heterocycles. The van der Waals surface area contributed by atoms with Gasteiger partial charge in [0.2, 0.25) is 0 Å². The Hall–Kier alpha value is -2.50. The minimum atomic E-state index is 0.886. The van der Waals surface area contributed by atoms with Crippen molar-refractivity contribution in [1.82, 2.24) is 19.9 Å². The molecule has 4 rings (SSSR count). The second-order valence-electron chi connectivity index (χ2n) is 6.15. The molecule has 4 nitrogen and oxygen atoms in total. The molecule has 25 heavy (non-hydrogen) atoms. The van der Waals surface area contributed by atoms with E-state index in [-0.39, 0.29) is 0 Å². The molecule has 0 amide bonds. The first kappa shape index (κ1) is 16.0. The average molecular weight is 348 g/mol. The number of aromatic amines is 1. The number of hydrogen-bond acceptors (Lipinski definition) is 4. The lowest BCUT2D eigenvalue weighted by atomic mass is 10.1. The fraction of sp³-hybridized carbons (Fsp3) is 0.200. The molecule has 0 saturated carbocycles. The summed E-state index contributed by atoms with van der Waals surface area (Å²) in [5, 5.41) is 4.39. The van der Waals surface area contributed by atoms with E-state index >= 15 is 0 Å². The largest absolute Gasteiger partial charge is 0.345 e. The van der Waals surface area contributed by atoms with Gasteiger partial charge in [-0.1, -0.05) is 37.3 Å². The van der Waals surface area contributed by atoms with Gasteiger partial charge in [0.05, 0.1) is 12.2 Å². The van der Waals surface area contributed by atoms with Crippen molar-refractivity contribution in [2.45, 2.75) is 13.5 Å². The van der Waals surface area contributed by atoms with Crippen LogP contribution in [0, 0.1) is 0 Å². The van der Waals surface area contributed by atoms with Crippen molar-refractivity contribution in [3.8, 4) is 22.4 Å². The van der Waals surface area contributed by atoms with Crippen LogP contribution in [0.15, 0.2) is 54.2 Å². The molecule has 3 aromatic heterocycles. The highest BCUT2D eigenvalue weighted by Gasteiger charge is 2.12. The van der Waals surface area contributed by atoms with E-state index in [0.29, 0.717) is 0 Å². The molecule has 3 heterocycles. The molecule has 0 aliphatic heterocycles. The normalized spacial score (nSPS) is 11.5. The molecule has 0 aliphatic carbocycles. The Bertz CT molecular complexity index is 987. The second-order valence-corrected chi connectivity index (χ2v) is 7.09. The molecule has 0 spiro atoms. The standard InChI is InChI=1S/C20H20N4S/c1-3-24(2)12-19-23-18(13-25-19)17-11-22-20-16(17)9-15(10-21-20)14-7-5-4-6-8-14/h4-11,13H,3,12H2,1-2H3,(H,21,22). The predicted molar refractivity (Wildman–Crippen MR) is 105 cm³/mol. The van der Waals surface area contributed by atoms with Gasteiger partial charge in [0, 0.05) is 34.3 Å². The maximum atomic E-state index is 4.82. The number of hydrogen-bond donors (Lipinski definition) is 1. The molecule has 5 heteroatoms. The number of aromatic nitrogens is 3. The highest BCUT2D eigenvalue weighted by molar-refractivity contribution is 7.09. The third kappa shape index (κ3) is 3.21. The third-order valence-electron chi connectivity index (χ3n) is 4.41.